The van der Waals surface area contributed by atoms with E-state index in [4.69, 9.17) is 4.74 Å². The predicted octanol–water partition coefficient (Wildman–Crippen LogP) is 4.46. The Morgan fingerprint density at radius 2 is 1.65 bits per heavy atom. The summed E-state index contributed by atoms with van der Waals surface area (Å²) in [5, 5.41) is 0. The lowest BCUT2D eigenvalue weighted by molar-refractivity contribution is -0.137. The lowest BCUT2D eigenvalue weighted by Crippen LogP contribution is -2.33. The second-order valence-electron chi connectivity index (χ2n) is 4.36. The number of allylic oxidation sites excluding steroid dienone is 1. The standard InChI is InChI=1S/C17H15BrO2/c1-2-13-17(18,14-9-5-3-6-10-14)16(19)20-15-11-7-4-8-12-15/h2-12H,1,13H2. The minimum absolute atomic E-state index is 0.352. The Balaban J connectivity index is 2.28. The van der Waals surface area contributed by atoms with Crippen molar-refractivity contribution in [2.24, 2.45) is 0 Å². The Hall–Kier alpha value is -1.87. The minimum atomic E-state index is -0.911. The molecule has 1 unspecified atom stereocenters. The van der Waals surface area contributed by atoms with Crippen LogP contribution in [-0.2, 0) is 9.12 Å². The molecule has 2 rings (SSSR count). The number of esters is 1. The van der Waals surface area contributed by atoms with E-state index < -0.39 is 4.32 Å². The zero-order valence-electron chi connectivity index (χ0n) is 11.0. The molecule has 2 nitrogen and oxygen atoms in total. The molecule has 0 spiro atoms. The summed E-state index contributed by atoms with van der Waals surface area (Å²) in [7, 11) is 0. The molecule has 0 aromatic heterocycles. The number of para-hydroxylation sites is 1. The first-order valence-corrected chi connectivity index (χ1v) is 7.09. The average molecular weight is 331 g/mol. The van der Waals surface area contributed by atoms with E-state index in [9.17, 15) is 4.79 Å². The molecule has 0 saturated heterocycles. The van der Waals surface area contributed by atoms with Gasteiger partial charge >= 0.3 is 5.97 Å². The molecule has 1 atom stereocenters. The van der Waals surface area contributed by atoms with Crippen LogP contribution in [0.5, 0.6) is 5.75 Å². The highest BCUT2D eigenvalue weighted by atomic mass is 79.9. The minimum Gasteiger partial charge on any atom is -0.425 e. The van der Waals surface area contributed by atoms with Crippen molar-refractivity contribution in [3.8, 4) is 5.75 Å². The molecule has 0 bridgehead atoms. The zero-order valence-corrected chi connectivity index (χ0v) is 12.5. The summed E-state index contributed by atoms with van der Waals surface area (Å²) in [5.74, 6) is 0.177. The van der Waals surface area contributed by atoms with Crippen molar-refractivity contribution in [3.05, 3.63) is 78.9 Å². The number of benzene rings is 2. The molecule has 0 radical (unpaired) electrons. The van der Waals surface area contributed by atoms with E-state index in [0.717, 1.165) is 5.56 Å². The number of carbonyl (C=O) groups excluding carboxylic acids is 1. The molecular formula is C17H15BrO2. The molecular weight excluding hydrogens is 316 g/mol. The lowest BCUT2D eigenvalue weighted by Gasteiger charge is -2.24. The molecule has 0 aliphatic rings. The topological polar surface area (TPSA) is 26.3 Å². The lowest BCUT2D eigenvalue weighted by atomic mass is 9.95. The molecule has 3 heteroatoms. The molecule has 0 fully saturated rings. The first-order chi connectivity index (χ1) is 9.66. The number of halogens is 1. The normalized spacial score (nSPS) is 13.2. The van der Waals surface area contributed by atoms with Crippen LogP contribution in [0, 0.1) is 0 Å². The van der Waals surface area contributed by atoms with Gasteiger partial charge in [-0.1, -0.05) is 70.5 Å². The highest BCUT2D eigenvalue weighted by molar-refractivity contribution is 9.10. The number of carbonyl (C=O) groups is 1. The van der Waals surface area contributed by atoms with Gasteiger partial charge in [-0.3, -0.25) is 0 Å². The number of hydrogen-bond donors (Lipinski definition) is 0. The maximum absolute atomic E-state index is 12.5. The van der Waals surface area contributed by atoms with Gasteiger partial charge in [0.2, 0.25) is 0 Å². The third-order valence-electron chi connectivity index (χ3n) is 2.93. The summed E-state index contributed by atoms with van der Waals surface area (Å²) in [6.45, 7) is 3.72. The fourth-order valence-corrected chi connectivity index (χ4v) is 2.47. The van der Waals surface area contributed by atoms with Gasteiger partial charge in [0.25, 0.3) is 0 Å². The maximum atomic E-state index is 12.5. The van der Waals surface area contributed by atoms with Crippen LogP contribution >= 0.6 is 15.9 Å². The summed E-state index contributed by atoms with van der Waals surface area (Å²) in [6.07, 6.45) is 2.15. The van der Waals surface area contributed by atoms with E-state index >= 15 is 0 Å². The predicted molar refractivity (Wildman–Crippen MR) is 83.9 cm³/mol. The average Bonchev–Trinajstić information content (AvgIpc) is 2.49. The molecule has 20 heavy (non-hydrogen) atoms. The van der Waals surface area contributed by atoms with Crippen LogP contribution in [-0.4, -0.2) is 5.97 Å². The van der Waals surface area contributed by atoms with E-state index in [1.54, 1.807) is 18.2 Å². The van der Waals surface area contributed by atoms with Gasteiger partial charge in [-0.2, -0.15) is 0 Å². The van der Waals surface area contributed by atoms with E-state index in [1.807, 2.05) is 48.5 Å². The highest BCUT2D eigenvalue weighted by Crippen LogP contribution is 2.37. The van der Waals surface area contributed by atoms with Gasteiger partial charge in [-0.15, -0.1) is 6.58 Å². The van der Waals surface area contributed by atoms with Gasteiger partial charge in [0.15, 0.2) is 4.32 Å². The summed E-state index contributed by atoms with van der Waals surface area (Å²) in [6, 6.07) is 18.5. The Morgan fingerprint density at radius 3 is 2.20 bits per heavy atom. The summed E-state index contributed by atoms with van der Waals surface area (Å²) in [4.78, 5) is 12.5. The molecule has 2 aromatic rings. The molecule has 0 saturated carbocycles. The quantitative estimate of drug-likeness (QED) is 0.350. The maximum Gasteiger partial charge on any atom is 0.333 e. The molecule has 0 N–H and O–H groups in total. The molecule has 0 aliphatic heterocycles. The number of ether oxygens (including phenoxy) is 1. The Morgan fingerprint density at radius 1 is 1.10 bits per heavy atom. The monoisotopic (exact) mass is 330 g/mol. The van der Waals surface area contributed by atoms with Crippen molar-refractivity contribution in [1.82, 2.24) is 0 Å². The Bertz CT molecular complexity index is 580. The smallest absolute Gasteiger partial charge is 0.333 e. The Kier molecular flexibility index (Phi) is 4.74. The van der Waals surface area contributed by atoms with E-state index in [1.165, 1.54) is 0 Å². The van der Waals surface area contributed by atoms with Gasteiger partial charge in [-0.25, -0.2) is 4.79 Å². The van der Waals surface area contributed by atoms with Crippen LogP contribution in [0.2, 0.25) is 0 Å². The highest BCUT2D eigenvalue weighted by Gasteiger charge is 2.38. The summed E-state index contributed by atoms with van der Waals surface area (Å²) < 4.78 is 4.54. The van der Waals surface area contributed by atoms with Crippen LogP contribution in [0.15, 0.2) is 73.3 Å². The van der Waals surface area contributed by atoms with Crippen molar-refractivity contribution in [2.45, 2.75) is 10.7 Å². The van der Waals surface area contributed by atoms with Crippen LogP contribution in [0.4, 0.5) is 0 Å². The molecule has 2 aromatic carbocycles. The van der Waals surface area contributed by atoms with Crippen LogP contribution in [0.1, 0.15) is 12.0 Å². The van der Waals surface area contributed by atoms with E-state index in [-0.39, 0.29) is 5.97 Å². The van der Waals surface area contributed by atoms with Crippen molar-refractivity contribution in [3.63, 3.8) is 0 Å². The van der Waals surface area contributed by atoms with Gasteiger partial charge in [0, 0.05) is 0 Å². The largest absolute Gasteiger partial charge is 0.425 e. The fourth-order valence-electron chi connectivity index (χ4n) is 1.90. The fraction of sp³-hybridized carbons (Fsp3) is 0.118. The molecule has 0 amide bonds. The second kappa shape index (κ2) is 6.53. The Labute approximate surface area is 127 Å². The van der Waals surface area contributed by atoms with Gasteiger partial charge in [-0.05, 0) is 24.1 Å². The van der Waals surface area contributed by atoms with Crippen LogP contribution in [0.25, 0.3) is 0 Å². The molecule has 0 aliphatic carbocycles. The van der Waals surface area contributed by atoms with E-state index in [2.05, 4.69) is 22.5 Å². The van der Waals surface area contributed by atoms with Gasteiger partial charge in [0.1, 0.15) is 5.75 Å². The molecule has 102 valence electrons. The van der Waals surface area contributed by atoms with Gasteiger partial charge < -0.3 is 4.74 Å². The number of alkyl halides is 1. The van der Waals surface area contributed by atoms with Crippen molar-refractivity contribution < 1.29 is 9.53 Å². The third-order valence-corrected chi connectivity index (χ3v) is 4.04. The van der Waals surface area contributed by atoms with Crippen molar-refractivity contribution in [1.29, 1.82) is 0 Å². The first-order valence-electron chi connectivity index (χ1n) is 6.29. The zero-order chi connectivity index (χ0) is 14.4. The van der Waals surface area contributed by atoms with Crippen LogP contribution < -0.4 is 4.74 Å². The number of hydrogen-bond acceptors (Lipinski definition) is 2. The second-order valence-corrected chi connectivity index (χ2v) is 5.72. The molecule has 0 heterocycles. The van der Waals surface area contributed by atoms with Gasteiger partial charge in [0.05, 0.1) is 0 Å². The first kappa shape index (κ1) is 14.5. The van der Waals surface area contributed by atoms with Crippen molar-refractivity contribution >= 4 is 21.9 Å². The van der Waals surface area contributed by atoms with Crippen LogP contribution in [0.3, 0.4) is 0 Å². The van der Waals surface area contributed by atoms with E-state index in [0.29, 0.717) is 12.2 Å². The summed E-state index contributed by atoms with van der Waals surface area (Å²) in [5.41, 5.74) is 0.848. The van der Waals surface area contributed by atoms with Crippen molar-refractivity contribution in [2.75, 3.05) is 0 Å². The SMILES string of the molecule is C=CCC(Br)(C(=O)Oc1ccccc1)c1ccccc1. The summed E-state index contributed by atoms with van der Waals surface area (Å²) >= 11 is 3.53. The third kappa shape index (κ3) is 3.17. The number of rotatable bonds is 5.